The summed E-state index contributed by atoms with van der Waals surface area (Å²) in [6.45, 7) is 9.39. The number of para-hydroxylation sites is 4. The van der Waals surface area contributed by atoms with Crippen molar-refractivity contribution in [3.05, 3.63) is 89.5 Å². The second kappa shape index (κ2) is 30.2. The highest BCUT2D eigenvalue weighted by Gasteiger charge is 2.26. The smallest absolute Gasteiger partial charge is 0.207 e. The fraction of sp³-hybridized carbons (Fsp3) is 0.448. The fourth-order valence-corrected chi connectivity index (χ4v) is 8.56. The van der Waals surface area contributed by atoms with Gasteiger partial charge in [-0.15, -0.1) is 0 Å². The number of phenols is 8. The minimum atomic E-state index is -0.217. The molecule has 4 aromatic carbocycles. The number of phenolic OH excluding ortho intramolecular Hbond substituents is 8. The average Bonchev–Trinajstić information content (AvgIpc) is 3.67. The van der Waals surface area contributed by atoms with Gasteiger partial charge in [0.1, 0.15) is 24.7 Å². The molecule has 86 heavy (non-hydrogen) atoms. The lowest BCUT2D eigenvalue weighted by atomic mass is 10.1. The summed E-state index contributed by atoms with van der Waals surface area (Å²) in [5.41, 5.74) is 2.51. The van der Waals surface area contributed by atoms with Crippen molar-refractivity contribution in [3.8, 4) is 46.0 Å². The van der Waals surface area contributed by atoms with Gasteiger partial charge in [-0.25, -0.2) is 39.9 Å². The van der Waals surface area contributed by atoms with Gasteiger partial charge in [0.25, 0.3) is 0 Å². The van der Waals surface area contributed by atoms with Crippen molar-refractivity contribution in [1.82, 2.24) is 55.1 Å². The topological polar surface area (TPSA) is 326 Å². The van der Waals surface area contributed by atoms with E-state index in [4.69, 9.17) is 0 Å². The Hall–Kier alpha value is -9.76. The molecule has 4 aromatic rings. The predicted molar refractivity (Wildman–Crippen MR) is 341 cm³/mol. The predicted octanol–water partition coefficient (Wildman–Crippen LogP) is 3.44. The Labute approximate surface area is 504 Å². The molecule has 0 spiro atoms. The van der Waals surface area contributed by atoms with E-state index in [1.54, 1.807) is 54.4 Å². The Morgan fingerprint density at radius 1 is 0.372 bits per heavy atom. The molecular formula is C58H88N20O8. The van der Waals surface area contributed by atoms with Crippen molar-refractivity contribution in [2.75, 3.05) is 110 Å². The molecule has 0 saturated carbocycles. The molecule has 28 nitrogen and oxygen atoms in total. The molecule has 4 aliphatic rings. The SMILES string of the molecule is CC1N=C(N(C)C)N(C)C(N(C)CCc2cccc(O)c2O)=N1.CC1N=C(N(C)C)NC(N(C)CCc2cccc(O)c2O)=N1.CC1N=C(N(C)C)NC(N(C)Cc2cccc(O)c2O)=N1.CC1N=C(N(C)C)NC(N(C)c2cccc(O)c2O)=N1. The van der Waals surface area contributed by atoms with Gasteiger partial charge < -0.3 is 80.1 Å². The maximum Gasteiger partial charge on any atom is 0.207 e. The molecule has 4 atom stereocenters. The van der Waals surface area contributed by atoms with Gasteiger partial charge in [0.2, 0.25) is 47.7 Å². The van der Waals surface area contributed by atoms with Gasteiger partial charge in [0, 0.05) is 117 Å². The quantitative estimate of drug-likeness (QED) is 0.107. The first-order valence-electron chi connectivity index (χ1n) is 27.7. The highest BCUT2D eigenvalue weighted by atomic mass is 16.3. The first-order valence-corrected chi connectivity index (χ1v) is 27.7. The van der Waals surface area contributed by atoms with Crippen molar-refractivity contribution in [2.24, 2.45) is 39.9 Å². The summed E-state index contributed by atoms with van der Waals surface area (Å²) in [4.78, 5) is 52.6. The van der Waals surface area contributed by atoms with E-state index in [0.717, 1.165) is 29.8 Å². The van der Waals surface area contributed by atoms with Gasteiger partial charge in [0.15, 0.2) is 46.0 Å². The Kier molecular flexibility index (Phi) is 23.5. The number of nitrogens with zero attached hydrogens (tertiary/aromatic N) is 17. The molecule has 28 heteroatoms. The van der Waals surface area contributed by atoms with Crippen LogP contribution in [-0.2, 0) is 19.4 Å². The molecule has 4 aliphatic heterocycles. The van der Waals surface area contributed by atoms with E-state index in [0.29, 0.717) is 72.7 Å². The second-order valence-corrected chi connectivity index (χ2v) is 21.4. The molecule has 4 heterocycles. The van der Waals surface area contributed by atoms with E-state index in [1.807, 2.05) is 158 Å². The molecular weight excluding hydrogens is 1100 g/mol. The van der Waals surface area contributed by atoms with E-state index in [2.05, 4.69) is 55.9 Å². The lowest BCUT2D eigenvalue weighted by Crippen LogP contribution is -2.51. The van der Waals surface area contributed by atoms with Crippen molar-refractivity contribution < 1.29 is 40.9 Å². The molecule has 0 bridgehead atoms. The van der Waals surface area contributed by atoms with Crippen LogP contribution in [0.1, 0.15) is 44.4 Å². The minimum absolute atomic E-state index is 0.0521. The van der Waals surface area contributed by atoms with Gasteiger partial charge in [-0.2, -0.15) is 0 Å². The lowest BCUT2D eigenvalue weighted by molar-refractivity contribution is 0.388. The third-order valence-corrected chi connectivity index (χ3v) is 13.3. The fourth-order valence-electron chi connectivity index (χ4n) is 8.56. The maximum atomic E-state index is 9.92. The van der Waals surface area contributed by atoms with Crippen LogP contribution in [0.2, 0.25) is 0 Å². The van der Waals surface area contributed by atoms with Crippen LogP contribution in [0.4, 0.5) is 5.69 Å². The van der Waals surface area contributed by atoms with E-state index in [9.17, 15) is 40.9 Å². The minimum Gasteiger partial charge on any atom is -0.504 e. The van der Waals surface area contributed by atoms with Crippen molar-refractivity contribution in [2.45, 2.75) is 71.7 Å². The van der Waals surface area contributed by atoms with Gasteiger partial charge in [-0.05, 0) is 82.0 Å². The van der Waals surface area contributed by atoms with E-state index < -0.39 is 0 Å². The molecule has 0 amide bonds. The molecule has 0 aromatic heterocycles. The van der Waals surface area contributed by atoms with Gasteiger partial charge >= 0.3 is 0 Å². The molecule has 0 radical (unpaired) electrons. The number of nitrogens with one attached hydrogen (secondary N) is 3. The number of likely N-dealkylation sites (N-methyl/N-ethyl adjacent to an activating group) is 2. The summed E-state index contributed by atoms with van der Waals surface area (Å²) in [5.74, 6) is 4.98. The van der Waals surface area contributed by atoms with Crippen molar-refractivity contribution in [3.63, 3.8) is 0 Å². The molecule has 11 N–H and O–H groups in total. The van der Waals surface area contributed by atoms with E-state index in [-0.39, 0.29) is 70.7 Å². The van der Waals surface area contributed by atoms with E-state index >= 15 is 0 Å². The lowest BCUT2D eigenvalue weighted by Gasteiger charge is -2.35. The monoisotopic (exact) mass is 1190 g/mol. The number of benzene rings is 4. The Balaban J connectivity index is 0.000000210. The number of guanidine groups is 8. The van der Waals surface area contributed by atoms with Gasteiger partial charge in [-0.1, -0.05) is 42.5 Å². The standard InChI is InChI=1S/C16H25N5O2.C15H23N5O2.C14H21N5O2.C13H19N5O2/c1-11-17-15(19(2)3)21(5)16(18-11)20(4)10-9-12-7-6-8-13(22)14(12)23;1-10-16-14(19(2)3)18-15(17-10)20(4)9-8-11-6-5-7-12(21)13(11)22;1-9-15-13(18(2)3)17-14(16-9)19(4)8-10-6-5-7-11(20)12(10)21;1-8-14-12(17(2)3)16-13(15-8)18(4)9-6-5-7-10(19)11(9)20/h6-8,11,22-23H,9-10H2,1-5H3;5-7,10,21-22H,8-9H2,1-4H3,(H,16,17,18);5-7,9,20-21H,8H2,1-4H3,(H,15,16,17);5-8,19-20H,1-4H3,(H,14,15,16). The van der Waals surface area contributed by atoms with Gasteiger partial charge in [0.05, 0.1) is 5.69 Å². The van der Waals surface area contributed by atoms with Crippen molar-refractivity contribution in [1.29, 1.82) is 0 Å². The summed E-state index contributed by atoms with van der Waals surface area (Å²) in [6.07, 6.45) is 0.553. The van der Waals surface area contributed by atoms with Crippen LogP contribution in [-0.4, -0.2) is 257 Å². The highest BCUT2D eigenvalue weighted by molar-refractivity contribution is 6.08. The van der Waals surface area contributed by atoms with Crippen LogP contribution in [0.15, 0.2) is 113 Å². The summed E-state index contributed by atoms with van der Waals surface area (Å²) in [7, 11) is 24.8. The zero-order valence-corrected chi connectivity index (χ0v) is 52.5. The number of hydrogen-bond donors (Lipinski definition) is 11. The summed E-state index contributed by atoms with van der Waals surface area (Å²) in [5, 5.41) is 87.1. The first-order chi connectivity index (χ1) is 40.5. The number of aromatic hydroxyl groups is 8. The molecule has 4 unspecified atom stereocenters. The van der Waals surface area contributed by atoms with Crippen molar-refractivity contribution >= 4 is 53.4 Å². The molecule has 468 valence electrons. The van der Waals surface area contributed by atoms with Crippen LogP contribution >= 0.6 is 0 Å². The van der Waals surface area contributed by atoms with Crippen LogP contribution in [0, 0.1) is 0 Å². The highest BCUT2D eigenvalue weighted by Crippen LogP contribution is 2.35. The largest absolute Gasteiger partial charge is 0.504 e. The van der Waals surface area contributed by atoms with Crippen LogP contribution in [0.3, 0.4) is 0 Å². The molecule has 0 aliphatic carbocycles. The Morgan fingerprint density at radius 3 is 1.15 bits per heavy atom. The second-order valence-electron chi connectivity index (χ2n) is 21.4. The van der Waals surface area contributed by atoms with Gasteiger partial charge in [-0.3, -0.25) is 20.9 Å². The zero-order chi connectivity index (χ0) is 63.9. The molecule has 8 rings (SSSR count). The molecule has 0 saturated heterocycles. The van der Waals surface area contributed by atoms with Crippen LogP contribution in [0.25, 0.3) is 0 Å². The normalized spacial score (nSPS) is 17.6. The number of anilines is 1. The van der Waals surface area contributed by atoms with E-state index in [1.165, 1.54) is 24.3 Å². The zero-order valence-electron chi connectivity index (χ0n) is 52.5. The summed E-state index contributed by atoms with van der Waals surface area (Å²) in [6, 6.07) is 19.7. The first kappa shape index (κ1) is 67.0. The van der Waals surface area contributed by atoms with Crippen LogP contribution < -0.4 is 20.9 Å². The Bertz CT molecular complexity index is 3210. The number of rotatable bonds is 9. The summed E-state index contributed by atoms with van der Waals surface area (Å²) >= 11 is 0. The third-order valence-electron chi connectivity index (χ3n) is 13.3. The Morgan fingerprint density at radius 2 is 0.709 bits per heavy atom. The number of aliphatic imine (C=N–C) groups is 8. The molecule has 0 fully saturated rings. The number of hydrogen-bond acceptors (Lipinski definition) is 28. The third kappa shape index (κ3) is 18.1. The average molecular weight is 1190 g/mol. The summed E-state index contributed by atoms with van der Waals surface area (Å²) < 4.78 is 0. The maximum absolute atomic E-state index is 9.92. The van der Waals surface area contributed by atoms with Crippen LogP contribution in [0.5, 0.6) is 46.0 Å².